The Kier molecular flexibility index (Phi) is 4.89. The van der Waals surface area contributed by atoms with Crippen LogP contribution >= 0.6 is 0 Å². The van der Waals surface area contributed by atoms with E-state index in [1.165, 1.54) is 22.3 Å². The molecule has 0 aliphatic carbocycles. The predicted molar refractivity (Wildman–Crippen MR) is 104 cm³/mol. The zero-order valence-electron chi connectivity index (χ0n) is 15.8. The molecule has 1 aliphatic rings. The third-order valence-corrected chi connectivity index (χ3v) is 4.62. The van der Waals surface area contributed by atoms with Gasteiger partial charge in [-0.2, -0.15) is 0 Å². The smallest absolute Gasteiger partial charge is 0.127 e. The van der Waals surface area contributed by atoms with Crippen LogP contribution in [0.5, 0.6) is 11.5 Å². The van der Waals surface area contributed by atoms with E-state index in [1.807, 2.05) is 24.3 Å². The Bertz CT molecular complexity index is 757. The van der Waals surface area contributed by atoms with Crippen molar-refractivity contribution in [3.63, 3.8) is 0 Å². The zero-order valence-corrected chi connectivity index (χ0v) is 15.8. The summed E-state index contributed by atoms with van der Waals surface area (Å²) in [6.07, 6.45) is 3.66. The summed E-state index contributed by atoms with van der Waals surface area (Å²) in [5.41, 5.74) is 4.74. The molecule has 0 fully saturated rings. The van der Waals surface area contributed by atoms with Crippen molar-refractivity contribution in [3.05, 3.63) is 71.3 Å². The number of hydrogen-bond acceptors (Lipinski definition) is 2. The second kappa shape index (κ2) is 6.95. The average molecular weight is 336 g/mol. The Morgan fingerprint density at radius 1 is 1.24 bits per heavy atom. The Morgan fingerprint density at radius 3 is 2.60 bits per heavy atom. The molecule has 0 atom stereocenters. The van der Waals surface area contributed by atoms with Gasteiger partial charge in [-0.3, -0.25) is 0 Å². The molecule has 132 valence electrons. The van der Waals surface area contributed by atoms with E-state index >= 15 is 0 Å². The van der Waals surface area contributed by atoms with Crippen LogP contribution in [-0.2, 0) is 19.4 Å². The van der Waals surface area contributed by atoms with Gasteiger partial charge in [-0.25, -0.2) is 0 Å². The van der Waals surface area contributed by atoms with Crippen LogP contribution in [0.1, 0.15) is 55.9 Å². The van der Waals surface area contributed by atoms with Gasteiger partial charge in [0, 0.05) is 23.1 Å². The number of hydrogen-bond donors (Lipinski definition) is 0. The third-order valence-electron chi connectivity index (χ3n) is 4.62. The molecule has 2 heteroatoms. The summed E-state index contributed by atoms with van der Waals surface area (Å²) in [5, 5.41) is 0. The molecule has 1 aliphatic heterocycles. The van der Waals surface area contributed by atoms with E-state index in [1.54, 1.807) is 0 Å². The highest BCUT2D eigenvalue weighted by atomic mass is 16.5. The number of ether oxygens (including phenoxy) is 2. The van der Waals surface area contributed by atoms with Crippen molar-refractivity contribution >= 4 is 0 Å². The second-order valence-electron chi connectivity index (χ2n) is 7.72. The van der Waals surface area contributed by atoms with Gasteiger partial charge < -0.3 is 9.47 Å². The van der Waals surface area contributed by atoms with Gasteiger partial charge in [0.2, 0.25) is 0 Å². The van der Waals surface area contributed by atoms with Gasteiger partial charge in [0.15, 0.2) is 0 Å². The lowest BCUT2D eigenvalue weighted by molar-refractivity contribution is 0.137. The quantitative estimate of drug-likeness (QED) is 0.618. The molecule has 2 aromatic rings. The molecule has 0 saturated carbocycles. The van der Waals surface area contributed by atoms with E-state index < -0.39 is 0 Å². The molecule has 0 aromatic heterocycles. The SMILES string of the molecule is C=CCc1c2c(cc(OCc3ccccc3)c1C(C)C)CC(C)(C)O2. The number of allylic oxidation sites excluding steroid dienone is 1. The second-order valence-corrected chi connectivity index (χ2v) is 7.72. The molecule has 2 nitrogen and oxygen atoms in total. The largest absolute Gasteiger partial charge is 0.489 e. The normalized spacial score (nSPS) is 14.9. The van der Waals surface area contributed by atoms with E-state index in [9.17, 15) is 0 Å². The zero-order chi connectivity index (χ0) is 18.0. The van der Waals surface area contributed by atoms with Gasteiger partial charge in [0.05, 0.1) is 0 Å². The first-order valence-corrected chi connectivity index (χ1v) is 9.06. The van der Waals surface area contributed by atoms with Gasteiger partial charge >= 0.3 is 0 Å². The van der Waals surface area contributed by atoms with Crippen molar-refractivity contribution in [2.24, 2.45) is 0 Å². The first-order chi connectivity index (χ1) is 11.9. The Balaban J connectivity index is 2.02. The molecule has 25 heavy (non-hydrogen) atoms. The molecule has 0 unspecified atom stereocenters. The standard InChI is InChI=1S/C23H28O2/c1-6-10-19-21(16(2)3)20(24-15-17-11-8-7-9-12-17)13-18-14-23(4,5)25-22(18)19/h6-9,11-13,16H,1,10,14-15H2,2-5H3. The molecule has 1 heterocycles. The summed E-state index contributed by atoms with van der Waals surface area (Å²) in [6.45, 7) is 13.2. The van der Waals surface area contributed by atoms with E-state index in [2.05, 4.69) is 52.5 Å². The minimum absolute atomic E-state index is 0.162. The van der Waals surface area contributed by atoms with Crippen molar-refractivity contribution in [1.29, 1.82) is 0 Å². The van der Waals surface area contributed by atoms with Crippen molar-refractivity contribution < 1.29 is 9.47 Å². The minimum Gasteiger partial charge on any atom is -0.489 e. The molecular weight excluding hydrogens is 308 g/mol. The molecule has 0 spiro atoms. The monoisotopic (exact) mass is 336 g/mol. The third kappa shape index (κ3) is 3.73. The summed E-state index contributed by atoms with van der Waals surface area (Å²) >= 11 is 0. The van der Waals surface area contributed by atoms with E-state index in [0.29, 0.717) is 12.5 Å². The van der Waals surface area contributed by atoms with Crippen LogP contribution in [0.15, 0.2) is 49.1 Å². The Labute approximate surface area is 151 Å². The first kappa shape index (κ1) is 17.6. The van der Waals surface area contributed by atoms with E-state index in [-0.39, 0.29) is 5.60 Å². The van der Waals surface area contributed by atoms with Crippen molar-refractivity contribution in [2.75, 3.05) is 0 Å². The lowest BCUT2D eigenvalue weighted by atomic mass is 9.90. The lowest BCUT2D eigenvalue weighted by Gasteiger charge is -2.22. The maximum atomic E-state index is 6.28. The molecule has 0 bridgehead atoms. The van der Waals surface area contributed by atoms with E-state index in [0.717, 1.165) is 24.3 Å². The molecule has 2 aromatic carbocycles. The fourth-order valence-electron chi connectivity index (χ4n) is 3.63. The summed E-state index contributed by atoms with van der Waals surface area (Å²) < 4.78 is 12.6. The maximum absolute atomic E-state index is 6.28. The van der Waals surface area contributed by atoms with Crippen LogP contribution in [-0.4, -0.2) is 5.60 Å². The number of fused-ring (bicyclic) bond motifs is 1. The van der Waals surface area contributed by atoms with Crippen LogP contribution < -0.4 is 9.47 Å². The summed E-state index contributed by atoms with van der Waals surface area (Å²) in [7, 11) is 0. The first-order valence-electron chi connectivity index (χ1n) is 9.06. The lowest BCUT2D eigenvalue weighted by Crippen LogP contribution is -2.25. The Morgan fingerprint density at radius 2 is 1.96 bits per heavy atom. The van der Waals surface area contributed by atoms with E-state index in [4.69, 9.17) is 9.47 Å². The molecule has 3 rings (SSSR count). The Hall–Kier alpha value is -2.22. The molecule has 0 saturated heterocycles. The highest BCUT2D eigenvalue weighted by Gasteiger charge is 2.34. The highest BCUT2D eigenvalue weighted by Crippen LogP contribution is 2.45. The topological polar surface area (TPSA) is 18.5 Å². The van der Waals surface area contributed by atoms with Gasteiger partial charge in [-0.05, 0) is 37.8 Å². The average Bonchev–Trinajstić information content (AvgIpc) is 2.87. The van der Waals surface area contributed by atoms with Crippen molar-refractivity contribution in [2.45, 2.75) is 58.7 Å². The highest BCUT2D eigenvalue weighted by molar-refractivity contribution is 5.58. The van der Waals surface area contributed by atoms with Crippen molar-refractivity contribution in [3.8, 4) is 11.5 Å². The summed E-state index contributed by atoms with van der Waals surface area (Å²) in [6, 6.07) is 12.5. The maximum Gasteiger partial charge on any atom is 0.127 e. The molecular formula is C23H28O2. The fourth-order valence-corrected chi connectivity index (χ4v) is 3.63. The van der Waals surface area contributed by atoms with Gasteiger partial charge in [0.25, 0.3) is 0 Å². The van der Waals surface area contributed by atoms with Gasteiger partial charge in [-0.15, -0.1) is 6.58 Å². The van der Waals surface area contributed by atoms with Crippen LogP contribution in [0, 0.1) is 0 Å². The number of benzene rings is 2. The fraction of sp³-hybridized carbons (Fsp3) is 0.391. The van der Waals surface area contributed by atoms with Crippen LogP contribution in [0.3, 0.4) is 0 Å². The van der Waals surface area contributed by atoms with Gasteiger partial charge in [-0.1, -0.05) is 50.3 Å². The van der Waals surface area contributed by atoms with Crippen molar-refractivity contribution in [1.82, 2.24) is 0 Å². The van der Waals surface area contributed by atoms with Gasteiger partial charge in [0.1, 0.15) is 23.7 Å². The number of rotatable bonds is 6. The predicted octanol–water partition coefficient (Wildman–Crippen LogP) is 5.83. The van der Waals surface area contributed by atoms with Crippen LogP contribution in [0.4, 0.5) is 0 Å². The summed E-state index contributed by atoms with van der Waals surface area (Å²) in [5.74, 6) is 2.38. The molecule has 0 amide bonds. The van der Waals surface area contributed by atoms with Crippen LogP contribution in [0.25, 0.3) is 0 Å². The molecule has 0 N–H and O–H groups in total. The van der Waals surface area contributed by atoms with Crippen LogP contribution in [0.2, 0.25) is 0 Å². The minimum atomic E-state index is -0.162. The summed E-state index contributed by atoms with van der Waals surface area (Å²) in [4.78, 5) is 0. The molecule has 0 radical (unpaired) electrons.